The van der Waals surface area contributed by atoms with Gasteiger partial charge in [-0.3, -0.25) is 19.8 Å². The molecule has 1 unspecified atom stereocenters. The molecule has 4 heterocycles. The van der Waals surface area contributed by atoms with E-state index >= 15 is 0 Å². The molecule has 12 heteroatoms. The number of aryl methyl sites for hydroxylation is 2. The minimum Gasteiger partial charge on any atom is -0.467 e. The van der Waals surface area contributed by atoms with Crippen LogP contribution >= 0.6 is 0 Å². The van der Waals surface area contributed by atoms with Crippen LogP contribution in [0.3, 0.4) is 0 Å². The van der Waals surface area contributed by atoms with Gasteiger partial charge in [-0.25, -0.2) is 4.68 Å². The molecule has 0 amide bonds. The first-order valence-corrected chi connectivity index (χ1v) is 13.0. The monoisotopic (exact) mass is 540 g/mol. The summed E-state index contributed by atoms with van der Waals surface area (Å²) in [6.45, 7) is 6.92. The number of H-pyrrole nitrogens is 1. The van der Waals surface area contributed by atoms with E-state index < -0.39 is 11.0 Å². The van der Waals surface area contributed by atoms with Crippen LogP contribution in [0.5, 0.6) is 0 Å². The number of nitro groups is 1. The lowest BCUT2D eigenvalue weighted by Gasteiger charge is -2.39. The topological polar surface area (TPSA) is 139 Å². The maximum atomic E-state index is 13.6. The third-order valence-corrected chi connectivity index (χ3v) is 7.56. The lowest BCUT2D eigenvalue weighted by Crippen LogP contribution is -2.49. The maximum absolute atomic E-state index is 13.6. The van der Waals surface area contributed by atoms with Crippen molar-refractivity contribution in [3.63, 3.8) is 0 Å². The number of rotatable bonds is 7. The van der Waals surface area contributed by atoms with Crippen molar-refractivity contribution in [2.75, 3.05) is 31.1 Å². The summed E-state index contributed by atoms with van der Waals surface area (Å²) < 4.78 is 7.22. The summed E-state index contributed by atoms with van der Waals surface area (Å²) >= 11 is 0. The molecule has 204 valence electrons. The third kappa shape index (κ3) is 4.73. The summed E-state index contributed by atoms with van der Waals surface area (Å²) in [5, 5.41) is 24.6. The van der Waals surface area contributed by atoms with E-state index in [2.05, 4.69) is 36.4 Å². The zero-order valence-corrected chi connectivity index (χ0v) is 22.1. The molecule has 1 fully saturated rings. The van der Waals surface area contributed by atoms with Crippen molar-refractivity contribution >= 4 is 22.3 Å². The van der Waals surface area contributed by atoms with E-state index in [0.717, 1.165) is 27.7 Å². The quantitative estimate of drug-likeness (QED) is 0.242. The Bertz CT molecular complexity index is 1720. The predicted octanol–water partition coefficient (Wildman–Crippen LogP) is 3.59. The zero-order chi connectivity index (χ0) is 27.8. The van der Waals surface area contributed by atoms with Gasteiger partial charge in [0, 0.05) is 54.9 Å². The first-order chi connectivity index (χ1) is 19.4. The molecule has 0 bridgehead atoms. The van der Waals surface area contributed by atoms with Gasteiger partial charge in [-0.2, -0.15) is 0 Å². The Hall–Kier alpha value is -4.84. The predicted molar refractivity (Wildman–Crippen MR) is 148 cm³/mol. The van der Waals surface area contributed by atoms with Gasteiger partial charge in [0.05, 0.1) is 16.7 Å². The SMILES string of the molecule is Cc1ccc(C)c2[nH]c(=O)c(C(c3nnnn3Cc3ccco3)N3CCN(c4ccc([N+](=O)[O-])cc4)CC3)cc12. The van der Waals surface area contributed by atoms with Gasteiger partial charge in [0.2, 0.25) is 0 Å². The van der Waals surface area contributed by atoms with Gasteiger partial charge >= 0.3 is 0 Å². The van der Waals surface area contributed by atoms with E-state index in [-0.39, 0.29) is 11.2 Å². The highest BCUT2D eigenvalue weighted by Gasteiger charge is 2.33. The number of piperazine rings is 1. The number of tetrazole rings is 1. The summed E-state index contributed by atoms with van der Waals surface area (Å²) in [7, 11) is 0. The standard InChI is InChI=1S/C28H28N8O4/c1-18-5-6-19(2)25-23(18)16-24(28(37)29-25)26(27-30-31-32-35(27)17-22-4-3-15-40-22)34-13-11-33(12-14-34)20-7-9-21(10-8-20)36(38)39/h3-10,15-16,26H,11-14,17H2,1-2H3,(H,29,37). The molecule has 1 aliphatic heterocycles. The van der Waals surface area contributed by atoms with E-state index in [9.17, 15) is 14.9 Å². The number of nitro benzene ring substituents is 1. The van der Waals surface area contributed by atoms with Gasteiger partial charge in [-0.05, 0) is 65.7 Å². The van der Waals surface area contributed by atoms with Crippen molar-refractivity contribution in [3.8, 4) is 0 Å². The number of furan rings is 1. The number of aromatic amines is 1. The second kappa shape index (κ2) is 10.4. The van der Waals surface area contributed by atoms with Gasteiger partial charge < -0.3 is 14.3 Å². The molecule has 0 spiro atoms. The Labute approximate surface area is 229 Å². The van der Waals surface area contributed by atoms with Crippen LogP contribution in [0.2, 0.25) is 0 Å². The summed E-state index contributed by atoms with van der Waals surface area (Å²) in [5.74, 6) is 1.25. The Balaban J connectivity index is 1.37. The van der Waals surface area contributed by atoms with Crippen LogP contribution in [-0.2, 0) is 6.54 Å². The fourth-order valence-corrected chi connectivity index (χ4v) is 5.39. The highest BCUT2D eigenvalue weighted by atomic mass is 16.6. The molecule has 5 aromatic rings. The van der Waals surface area contributed by atoms with Gasteiger partial charge in [-0.1, -0.05) is 12.1 Å². The fourth-order valence-electron chi connectivity index (χ4n) is 5.39. The van der Waals surface area contributed by atoms with Crippen molar-refractivity contribution in [2.24, 2.45) is 0 Å². The summed E-state index contributed by atoms with van der Waals surface area (Å²) in [5.41, 5.74) is 4.25. The molecule has 1 N–H and O–H groups in total. The van der Waals surface area contributed by atoms with Crippen LogP contribution < -0.4 is 10.5 Å². The second-order valence-electron chi connectivity index (χ2n) is 10.0. The van der Waals surface area contributed by atoms with E-state index in [1.165, 1.54) is 12.1 Å². The number of nitrogens with zero attached hydrogens (tertiary/aromatic N) is 7. The molecular weight excluding hydrogens is 512 g/mol. The molecule has 1 saturated heterocycles. The molecule has 6 rings (SSSR count). The van der Waals surface area contributed by atoms with E-state index in [4.69, 9.17) is 4.42 Å². The second-order valence-corrected chi connectivity index (χ2v) is 10.0. The van der Waals surface area contributed by atoms with Crippen molar-refractivity contribution in [1.29, 1.82) is 0 Å². The van der Waals surface area contributed by atoms with Crippen molar-refractivity contribution in [2.45, 2.75) is 26.4 Å². The highest BCUT2D eigenvalue weighted by Crippen LogP contribution is 2.31. The number of fused-ring (bicyclic) bond motifs is 1. The minimum atomic E-state index is -0.503. The highest BCUT2D eigenvalue weighted by molar-refractivity contribution is 5.85. The van der Waals surface area contributed by atoms with Crippen LogP contribution in [0.1, 0.15) is 34.3 Å². The zero-order valence-electron chi connectivity index (χ0n) is 22.1. The van der Waals surface area contributed by atoms with Crippen LogP contribution in [0.4, 0.5) is 11.4 Å². The van der Waals surface area contributed by atoms with Crippen molar-refractivity contribution < 1.29 is 9.34 Å². The van der Waals surface area contributed by atoms with Crippen LogP contribution in [0, 0.1) is 24.0 Å². The Morgan fingerprint density at radius 2 is 1.80 bits per heavy atom. The molecule has 1 atom stereocenters. The van der Waals surface area contributed by atoms with Crippen molar-refractivity contribution in [3.05, 3.63) is 110 Å². The summed E-state index contributed by atoms with van der Waals surface area (Å²) in [4.78, 5) is 31.8. The first-order valence-electron chi connectivity index (χ1n) is 13.0. The van der Waals surface area contributed by atoms with E-state index in [1.807, 2.05) is 38.1 Å². The van der Waals surface area contributed by atoms with Gasteiger partial charge in [-0.15, -0.1) is 5.10 Å². The fraction of sp³-hybridized carbons (Fsp3) is 0.286. The molecule has 40 heavy (non-hydrogen) atoms. The molecule has 1 aliphatic rings. The number of hydrogen-bond donors (Lipinski definition) is 1. The average Bonchev–Trinajstić information content (AvgIpc) is 3.65. The summed E-state index contributed by atoms with van der Waals surface area (Å²) in [6, 6.07) is 15.8. The molecular formula is C28H28N8O4. The molecule has 3 aromatic heterocycles. The lowest BCUT2D eigenvalue weighted by molar-refractivity contribution is -0.384. The molecule has 2 aromatic carbocycles. The largest absolute Gasteiger partial charge is 0.467 e. The minimum absolute atomic E-state index is 0.0619. The normalized spacial score (nSPS) is 15.0. The Kier molecular flexibility index (Phi) is 6.60. The van der Waals surface area contributed by atoms with Gasteiger partial charge in [0.25, 0.3) is 11.2 Å². The van der Waals surface area contributed by atoms with Crippen LogP contribution in [0.15, 0.2) is 70.1 Å². The van der Waals surface area contributed by atoms with Gasteiger partial charge in [0.1, 0.15) is 18.3 Å². The molecule has 12 nitrogen and oxygen atoms in total. The van der Waals surface area contributed by atoms with Crippen LogP contribution in [0.25, 0.3) is 10.9 Å². The number of non-ortho nitro benzene ring substituents is 1. The van der Waals surface area contributed by atoms with Crippen molar-refractivity contribution in [1.82, 2.24) is 30.1 Å². The third-order valence-electron chi connectivity index (χ3n) is 7.56. The van der Waals surface area contributed by atoms with Gasteiger partial charge in [0.15, 0.2) is 5.82 Å². The van der Waals surface area contributed by atoms with E-state index in [1.54, 1.807) is 23.1 Å². The Morgan fingerprint density at radius 1 is 1.05 bits per heavy atom. The maximum Gasteiger partial charge on any atom is 0.269 e. The smallest absolute Gasteiger partial charge is 0.269 e. The number of pyridine rings is 1. The Morgan fingerprint density at radius 3 is 2.50 bits per heavy atom. The number of hydrogen-bond acceptors (Lipinski definition) is 9. The molecule has 0 radical (unpaired) electrons. The number of nitrogens with one attached hydrogen (secondary N) is 1. The average molecular weight is 541 g/mol. The number of anilines is 1. The van der Waals surface area contributed by atoms with E-state index in [0.29, 0.717) is 49.9 Å². The number of benzene rings is 2. The molecule has 0 saturated carbocycles. The lowest BCUT2D eigenvalue weighted by atomic mass is 9.99. The summed E-state index contributed by atoms with van der Waals surface area (Å²) in [6.07, 6.45) is 1.60. The number of aromatic nitrogens is 5. The molecule has 0 aliphatic carbocycles. The first kappa shape index (κ1) is 25.4. The van der Waals surface area contributed by atoms with Crippen LogP contribution in [-0.4, -0.2) is 61.2 Å².